The Morgan fingerprint density at radius 2 is 2.07 bits per heavy atom. The number of carboxylic acid groups (broad SMARTS) is 1. The molecule has 1 aromatic carbocycles. The minimum Gasteiger partial charge on any atom is -0.481 e. The van der Waals surface area contributed by atoms with Crippen LogP contribution in [0.5, 0.6) is 0 Å². The van der Waals surface area contributed by atoms with Gasteiger partial charge in [-0.15, -0.1) is 0 Å². The van der Waals surface area contributed by atoms with Gasteiger partial charge in [0, 0.05) is 10.0 Å². The van der Waals surface area contributed by atoms with Crippen LogP contribution in [0.3, 0.4) is 0 Å². The molecule has 152 valence electrons. The number of alkyl halides is 2. The van der Waals surface area contributed by atoms with Crippen LogP contribution in [0.4, 0.5) is 8.78 Å². The predicted octanol–water partition coefficient (Wildman–Crippen LogP) is 4.73. The van der Waals surface area contributed by atoms with E-state index in [1.807, 2.05) is 0 Å². The normalized spacial score (nSPS) is 15.1. The fourth-order valence-electron chi connectivity index (χ4n) is 3.23. The van der Waals surface area contributed by atoms with E-state index >= 15 is 0 Å². The number of hydrogen-bond donors (Lipinski definition) is 1. The Bertz CT molecular complexity index is 1080. The smallest absolute Gasteiger partial charge is 0.305 e. The van der Waals surface area contributed by atoms with E-state index in [1.54, 1.807) is 18.2 Å². The Labute approximate surface area is 173 Å². The van der Waals surface area contributed by atoms with Crippen molar-refractivity contribution in [1.29, 1.82) is 0 Å². The maximum Gasteiger partial charge on any atom is 0.305 e. The zero-order valence-electron chi connectivity index (χ0n) is 14.8. The molecular formula is C18H14Cl2F2N4O3. The molecule has 1 N–H and O–H groups in total. The number of carbonyl (C=O) groups is 1. The zero-order chi connectivity index (χ0) is 20.8. The second kappa shape index (κ2) is 7.38. The van der Waals surface area contributed by atoms with E-state index in [0.29, 0.717) is 15.9 Å². The van der Waals surface area contributed by atoms with E-state index < -0.39 is 23.5 Å². The summed E-state index contributed by atoms with van der Waals surface area (Å²) in [4.78, 5) is 15.2. The summed E-state index contributed by atoms with van der Waals surface area (Å²) in [5.74, 6) is -0.715. The first-order valence-corrected chi connectivity index (χ1v) is 9.43. The van der Waals surface area contributed by atoms with Crippen molar-refractivity contribution in [3.05, 3.63) is 51.4 Å². The highest BCUT2D eigenvalue weighted by Crippen LogP contribution is 2.54. The van der Waals surface area contributed by atoms with Gasteiger partial charge in [0.15, 0.2) is 5.82 Å². The number of aliphatic carboxylic acids is 1. The highest BCUT2D eigenvalue weighted by atomic mass is 35.5. The molecule has 0 aliphatic heterocycles. The fourth-order valence-corrected chi connectivity index (χ4v) is 3.81. The van der Waals surface area contributed by atoms with Crippen molar-refractivity contribution >= 4 is 29.2 Å². The van der Waals surface area contributed by atoms with Crippen LogP contribution in [0, 0.1) is 0 Å². The van der Waals surface area contributed by atoms with Gasteiger partial charge in [-0.3, -0.25) is 9.48 Å². The first-order chi connectivity index (χ1) is 13.8. The van der Waals surface area contributed by atoms with Crippen LogP contribution >= 0.6 is 23.2 Å². The van der Waals surface area contributed by atoms with Gasteiger partial charge in [-0.05, 0) is 36.6 Å². The molecule has 0 saturated heterocycles. The molecule has 7 nitrogen and oxygen atoms in total. The van der Waals surface area contributed by atoms with Crippen LogP contribution in [0.2, 0.25) is 10.0 Å². The Morgan fingerprint density at radius 1 is 1.31 bits per heavy atom. The molecule has 3 aromatic rings. The summed E-state index contributed by atoms with van der Waals surface area (Å²) in [7, 11) is 0. The third kappa shape index (κ3) is 3.72. The number of rotatable bonds is 7. The molecule has 0 radical (unpaired) electrons. The van der Waals surface area contributed by atoms with Crippen molar-refractivity contribution < 1.29 is 23.2 Å². The number of benzene rings is 1. The van der Waals surface area contributed by atoms with Crippen LogP contribution in [0.1, 0.15) is 42.8 Å². The zero-order valence-corrected chi connectivity index (χ0v) is 16.3. The molecule has 2 heterocycles. The molecule has 0 amide bonds. The molecule has 29 heavy (non-hydrogen) atoms. The maximum atomic E-state index is 13.1. The van der Waals surface area contributed by atoms with Crippen LogP contribution in [-0.4, -0.2) is 31.0 Å². The Morgan fingerprint density at radius 3 is 2.69 bits per heavy atom. The van der Waals surface area contributed by atoms with E-state index in [0.717, 1.165) is 29.2 Å². The van der Waals surface area contributed by atoms with E-state index in [2.05, 4.69) is 15.2 Å². The molecule has 0 atom stereocenters. The molecule has 2 aromatic heterocycles. The monoisotopic (exact) mass is 442 g/mol. The van der Waals surface area contributed by atoms with Crippen molar-refractivity contribution in [3.63, 3.8) is 0 Å². The highest BCUT2D eigenvalue weighted by molar-refractivity contribution is 6.35. The molecule has 0 spiro atoms. The van der Waals surface area contributed by atoms with Gasteiger partial charge >= 0.3 is 5.97 Å². The van der Waals surface area contributed by atoms with Crippen molar-refractivity contribution in [2.75, 3.05) is 0 Å². The molecule has 1 aliphatic rings. The minimum atomic E-state index is -2.81. The third-order valence-corrected chi connectivity index (χ3v) is 5.38. The summed E-state index contributed by atoms with van der Waals surface area (Å²) in [5, 5.41) is 17.7. The average Bonchev–Trinajstić information content (AvgIpc) is 3.12. The second-order valence-corrected chi connectivity index (χ2v) is 7.60. The molecule has 11 heteroatoms. The van der Waals surface area contributed by atoms with Crippen molar-refractivity contribution in [3.8, 4) is 11.6 Å². The molecule has 1 fully saturated rings. The van der Waals surface area contributed by atoms with Crippen LogP contribution in [0.15, 0.2) is 28.8 Å². The third-order valence-electron chi connectivity index (χ3n) is 4.83. The van der Waals surface area contributed by atoms with Crippen molar-refractivity contribution in [2.24, 2.45) is 0 Å². The summed E-state index contributed by atoms with van der Waals surface area (Å²) in [6.07, 6.45) is -1.62. The SMILES string of the molecule is O=C(O)CCn1nc(C(F)F)cc1-c1nc(C2(c3ccc(Cl)cc3Cl)CC2)no1. The molecule has 0 bridgehead atoms. The number of halogens is 4. The van der Waals surface area contributed by atoms with Crippen LogP contribution in [-0.2, 0) is 16.8 Å². The molecule has 1 aliphatic carbocycles. The van der Waals surface area contributed by atoms with E-state index in [-0.39, 0.29) is 24.6 Å². The van der Waals surface area contributed by atoms with Gasteiger partial charge in [0.2, 0.25) is 0 Å². The number of aromatic nitrogens is 4. The topological polar surface area (TPSA) is 94.0 Å². The lowest BCUT2D eigenvalue weighted by atomic mass is 9.95. The maximum absolute atomic E-state index is 13.1. The number of aryl methyl sites for hydroxylation is 1. The molecule has 1 saturated carbocycles. The summed E-state index contributed by atoms with van der Waals surface area (Å²) in [6.45, 7) is -0.108. The predicted molar refractivity (Wildman–Crippen MR) is 99.2 cm³/mol. The van der Waals surface area contributed by atoms with Crippen LogP contribution < -0.4 is 0 Å². The quantitative estimate of drug-likeness (QED) is 0.568. The molecular weight excluding hydrogens is 429 g/mol. The van der Waals surface area contributed by atoms with Crippen LogP contribution in [0.25, 0.3) is 11.6 Å². The summed E-state index contributed by atoms with van der Waals surface area (Å²) < 4.78 is 32.6. The summed E-state index contributed by atoms with van der Waals surface area (Å²) >= 11 is 12.3. The summed E-state index contributed by atoms with van der Waals surface area (Å²) in [5.41, 5.74) is -0.0742. The number of carboxylic acids is 1. The lowest BCUT2D eigenvalue weighted by Gasteiger charge is -2.13. The Hall–Kier alpha value is -2.52. The average molecular weight is 443 g/mol. The number of nitrogens with zero attached hydrogens (tertiary/aromatic N) is 4. The van der Waals surface area contributed by atoms with Gasteiger partial charge in [-0.2, -0.15) is 10.1 Å². The minimum absolute atomic E-state index is 0.0128. The van der Waals surface area contributed by atoms with Gasteiger partial charge in [-0.25, -0.2) is 8.78 Å². The van der Waals surface area contributed by atoms with Crippen molar-refractivity contribution in [1.82, 2.24) is 19.9 Å². The molecule has 4 rings (SSSR count). The first kappa shape index (κ1) is 19.8. The Kier molecular flexibility index (Phi) is 5.04. The van der Waals surface area contributed by atoms with Gasteiger partial charge in [0.25, 0.3) is 12.3 Å². The molecule has 0 unspecified atom stereocenters. The van der Waals surface area contributed by atoms with Gasteiger partial charge in [0.1, 0.15) is 11.4 Å². The van der Waals surface area contributed by atoms with Gasteiger partial charge < -0.3 is 9.63 Å². The van der Waals surface area contributed by atoms with E-state index in [1.165, 1.54) is 0 Å². The highest BCUT2D eigenvalue weighted by Gasteiger charge is 2.51. The van der Waals surface area contributed by atoms with E-state index in [4.69, 9.17) is 32.8 Å². The lowest BCUT2D eigenvalue weighted by molar-refractivity contribution is -0.137. The Balaban J connectivity index is 1.70. The first-order valence-electron chi connectivity index (χ1n) is 8.68. The van der Waals surface area contributed by atoms with Gasteiger partial charge in [-0.1, -0.05) is 34.4 Å². The second-order valence-electron chi connectivity index (χ2n) is 6.75. The van der Waals surface area contributed by atoms with Gasteiger partial charge in [0.05, 0.1) is 18.4 Å². The fraction of sp³-hybridized carbons (Fsp3) is 0.333. The summed E-state index contributed by atoms with van der Waals surface area (Å²) in [6, 6.07) is 6.29. The lowest BCUT2D eigenvalue weighted by Crippen LogP contribution is -2.12. The number of hydrogen-bond acceptors (Lipinski definition) is 5. The van der Waals surface area contributed by atoms with Crippen molar-refractivity contribution in [2.45, 2.75) is 37.6 Å². The largest absolute Gasteiger partial charge is 0.481 e. The van der Waals surface area contributed by atoms with E-state index in [9.17, 15) is 13.6 Å². The standard InChI is InChI=1S/C18H14Cl2F2N4O3/c19-9-1-2-10(11(20)7-9)18(4-5-18)17-23-16(29-25-17)13-8-12(15(21)22)24-26(13)6-3-14(27)28/h1-2,7-8,15H,3-6H2,(H,27,28).